The zero-order chi connectivity index (χ0) is 15.5. The van der Waals surface area contributed by atoms with E-state index in [1.807, 2.05) is 43.3 Å². The molecule has 0 fully saturated rings. The van der Waals surface area contributed by atoms with Crippen LogP contribution in [0, 0.1) is 6.92 Å². The Morgan fingerprint density at radius 1 is 1.14 bits per heavy atom. The number of rotatable bonds is 4. The molecule has 2 nitrogen and oxygen atoms in total. The summed E-state index contributed by atoms with van der Waals surface area (Å²) in [5.41, 5.74) is 2.94. The third kappa shape index (κ3) is 3.22. The second-order valence-electron chi connectivity index (χ2n) is 5.62. The largest absolute Gasteiger partial charge is 0.423 e. The second kappa shape index (κ2) is 5.96. The lowest BCUT2D eigenvalue weighted by molar-refractivity contribution is -0.129. The van der Waals surface area contributed by atoms with E-state index < -0.39 is 5.97 Å². The number of carbonyl (C=O) groups excluding carboxylic acids is 1. The molecule has 0 spiro atoms. The summed E-state index contributed by atoms with van der Waals surface area (Å²) in [6, 6.07) is 16.1. The maximum absolute atomic E-state index is 11.6. The summed E-state index contributed by atoms with van der Waals surface area (Å²) in [5.74, 6) is 0.152. The first-order chi connectivity index (χ1) is 9.95. The van der Waals surface area contributed by atoms with E-state index in [0.29, 0.717) is 5.75 Å². The minimum Gasteiger partial charge on any atom is -0.423 e. The molecule has 0 N–H and O–H groups in total. The molecular weight excluding hydrogens is 260 g/mol. The standard InChI is InChI=1S/C19H20O2/c1-5-18(20)21-17-13-14(2)11-12-16(17)19(3,4)15-9-7-6-8-10-15/h5-13H,1H2,2-4H3. The highest BCUT2D eigenvalue weighted by Gasteiger charge is 2.27. The fourth-order valence-corrected chi connectivity index (χ4v) is 2.39. The molecule has 0 aliphatic carbocycles. The van der Waals surface area contributed by atoms with Crippen LogP contribution in [0.2, 0.25) is 0 Å². The fraction of sp³-hybridized carbons (Fsp3) is 0.211. The Labute approximate surface area is 126 Å². The first-order valence-electron chi connectivity index (χ1n) is 6.96. The molecule has 0 aliphatic heterocycles. The summed E-state index contributed by atoms with van der Waals surface area (Å²) in [6.45, 7) is 9.68. The van der Waals surface area contributed by atoms with E-state index in [1.165, 1.54) is 11.6 Å². The molecular formula is C19H20O2. The number of aryl methyl sites for hydroxylation is 1. The normalized spacial score (nSPS) is 11.0. The van der Waals surface area contributed by atoms with Crippen LogP contribution >= 0.6 is 0 Å². The molecule has 0 saturated carbocycles. The summed E-state index contributed by atoms with van der Waals surface area (Å²) in [6.07, 6.45) is 1.18. The number of ether oxygens (including phenoxy) is 1. The Hall–Kier alpha value is -2.35. The van der Waals surface area contributed by atoms with Crippen molar-refractivity contribution in [2.75, 3.05) is 0 Å². The van der Waals surface area contributed by atoms with Crippen molar-refractivity contribution in [3.63, 3.8) is 0 Å². The van der Waals surface area contributed by atoms with Crippen LogP contribution in [0.4, 0.5) is 0 Å². The van der Waals surface area contributed by atoms with Crippen molar-refractivity contribution < 1.29 is 9.53 Å². The number of carbonyl (C=O) groups is 1. The highest BCUT2D eigenvalue weighted by Crippen LogP contribution is 2.37. The van der Waals surface area contributed by atoms with Gasteiger partial charge in [0.15, 0.2) is 0 Å². The van der Waals surface area contributed by atoms with Crippen molar-refractivity contribution in [3.8, 4) is 5.75 Å². The van der Waals surface area contributed by atoms with Crippen LogP contribution < -0.4 is 4.74 Å². The van der Waals surface area contributed by atoms with E-state index >= 15 is 0 Å². The summed E-state index contributed by atoms with van der Waals surface area (Å²) < 4.78 is 5.43. The van der Waals surface area contributed by atoms with Gasteiger partial charge in [0.05, 0.1) is 0 Å². The average Bonchev–Trinajstić information content (AvgIpc) is 2.48. The molecule has 0 unspecified atom stereocenters. The molecule has 21 heavy (non-hydrogen) atoms. The van der Waals surface area contributed by atoms with Gasteiger partial charge in [0.25, 0.3) is 0 Å². The van der Waals surface area contributed by atoms with E-state index in [1.54, 1.807) is 0 Å². The number of esters is 1. The summed E-state index contributed by atoms with van der Waals surface area (Å²) in [5, 5.41) is 0. The van der Waals surface area contributed by atoms with Gasteiger partial charge in [-0.1, -0.05) is 62.9 Å². The maximum atomic E-state index is 11.6. The predicted molar refractivity (Wildman–Crippen MR) is 85.6 cm³/mol. The van der Waals surface area contributed by atoms with Crippen LogP contribution in [0.3, 0.4) is 0 Å². The van der Waals surface area contributed by atoms with Gasteiger partial charge in [0, 0.05) is 17.1 Å². The first kappa shape index (κ1) is 15.0. The Bertz CT molecular complexity index is 655. The van der Waals surface area contributed by atoms with Crippen LogP contribution in [-0.2, 0) is 10.2 Å². The van der Waals surface area contributed by atoms with Gasteiger partial charge in [-0.2, -0.15) is 0 Å². The number of benzene rings is 2. The van der Waals surface area contributed by atoms with Gasteiger partial charge in [-0.25, -0.2) is 4.79 Å². The van der Waals surface area contributed by atoms with Gasteiger partial charge in [0.2, 0.25) is 0 Å². The Morgan fingerprint density at radius 3 is 2.43 bits per heavy atom. The van der Waals surface area contributed by atoms with Crippen LogP contribution in [0.5, 0.6) is 5.75 Å². The van der Waals surface area contributed by atoms with Gasteiger partial charge in [-0.15, -0.1) is 0 Å². The SMILES string of the molecule is C=CC(=O)Oc1cc(C)ccc1C(C)(C)c1ccccc1. The molecule has 0 bridgehead atoms. The molecule has 0 atom stereocenters. The van der Waals surface area contributed by atoms with Crippen LogP contribution in [-0.4, -0.2) is 5.97 Å². The third-order valence-corrected chi connectivity index (χ3v) is 3.68. The Balaban J connectivity index is 2.52. The molecule has 0 radical (unpaired) electrons. The molecule has 0 amide bonds. The van der Waals surface area contributed by atoms with Gasteiger partial charge >= 0.3 is 5.97 Å². The smallest absolute Gasteiger partial charge is 0.335 e. The van der Waals surface area contributed by atoms with Crippen molar-refractivity contribution in [1.29, 1.82) is 0 Å². The van der Waals surface area contributed by atoms with Crippen molar-refractivity contribution in [3.05, 3.63) is 77.9 Å². The van der Waals surface area contributed by atoms with E-state index in [4.69, 9.17) is 4.74 Å². The van der Waals surface area contributed by atoms with Crippen LogP contribution in [0.25, 0.3) is 0 Å². The first-order valence-corrected chi connectivity index (χ1v) is 6.96. The number of hydrogen-bond donors (Lipinski definition) is 0. The predicted octanol–water partition coefficient (Wildman–Crippen LogP) is 4.41. The molecule has 108 valence electrons. The topological polar surface area (TPSA) is 26.3 Å². The molecule has 0 aliphatic rings. The minimum absolute atomic E-state index is 0.258. The Morgan fingerprint density at radius 2 is 1.81 bits per heavy atom. The molecule has 0 aromatic heterocycles. The lowest BCUT2D eigenvalue weighted by Gasteiger charge is -2.28. The van der Waals surface area contributed by atoms with Gasteiger partial charge in [-0.3, -0.25) is 0 Å². The Kier molecular flexibility index (Phi) is 4.27. The van der Waals surface area contributed by atoms with E-state index in [-0.39, 0.29) is 5.41 Å². The van der Waals surface area contributed by atoms with Gasteiger partial charge in [-0.05, 0) is 24.1 Å². The van der Waals surface area contributed by atoms with E-state index in [9.17, 15) is 4.79 Å². The number of hydrogen-bond acceptors (Lipinski definition) is 2. The lowest BCUT2D eigenvalue weighted by atomic mass is 9.77. The quantitative estimate of drug-likeness (QED) is 0.471. The summed E-state index contributed by atoms with van der Waals surface area (Å²) >= 11 is 0. The fourth-order valence-electron chi connectivity index (χ4n) is 2.39. The van der Waals surface area contributed by atoms with Crippen molar-refractivity contribution in [2.24, 2.45) is 0 Å². The molecule has 2 aromatic rings. The van der Waals surface area contributed by atoms with Crippen molar-refractivity contribution in [1.82, 2.24) is 0 Å². The third-order valence-electron chi connectivity index (χ3n) is 3.68. The lowest BCUT2D eigenvalue weighted by Crippen LogP contribution is -2.21. The van der Waals surface area contributed by atoms with Crippen LogP contribution in [0.15, 0.2) is 61.2 Å². The van der Waals surface area contributed by atoms with E-state index in [2.05, 4.69) is 32.6 Å². The molecule has 2 heteroatoms. The van der Waals surface area contributed by atoms with Gasteiger partial charge in [0.1, 0.15) is 5.75 Å². The average molecular weight is 280 g/mol. The highest BCUT2D eigenvalue weighted by molar-refractivity contribution is 5.83. The minimum atomic E-state index is -0.439. The maximum Gasteiger partial charge on any atom is 0.335 e. The van der Waals surface area contributed by atoms with Gasteiger partial charge < -0.3 is 4.74 Å². The van der Waals surface area contributed by atoms with Crippen molar-refractivity contribution in [2.45, 2.75) is 26.2 Å². The molecule has 2 aromatic carbocycles. The second-order valence-corrected chi connectivity index (χ2v) is 5.62. The zero-order valence-electron chi connectivity index (χ0n) is 12.7. The molecule has 2 rings (SSSR count). The zero-order valence-corrected chi connectivity index (χ0v) is 12.7. The molecule has 0 heterocycles. The van der Waals surface area contributed by atoms with Crippen LogP contribution in [0.1, 0.15) is 30.5 Å². The van der Waals surface area contributed by atoms with E-state index in [0.717, 1.165) is 11.1 Å². The monoisotopic (exact) mass is 280 g/mol. The highest BCUT2D eigenvalue weighted by atomic mass is 16.5. The summed E-state index contributed by atoms with van der Waals surface area (Å²) in [4.78, 5) is 11.6. The molecule has 0 saturated heterocycles. The summed E-state index contributed by atoms with van der Waals surface area (Å²) in [7, 11) is 0. The van der Waals surface area contributed by atoms with Crippen molar-refractivity contribution >= 4 is 5.97 Å².